The molecule has 0 aromatic carbocycles. The van der Waals surface area contributed by atoms with E-state index < -0.39 is 5.37 Å². The minimum absolute atomic E-state index is 0.0447. The first-order valence-corrected chi connectivity index (χ1v) is 5.39. The van der Waals surface area contributed by atoms with Crippen LogP contribution >= 0.6 is 23.1 Å². The van der Waals surface area contributed by atoms with Crippen molar-refractivity contribution in [3.05, 3.63) is 16.6 Å². The molecule has 0 spiro atoms. The number of nitrogens with zero attached hydrogens (tertiary/aromatic N) is 2. The van der Waals surface area contributed by atoms with Crippen molar-refractivity contribution in [2.24, 2.45) is 22.2 Å². The topological polar surface area (TPSA) is 127 Å². The van der Waals surface area contributed by atoms with Crippen LogP contribution in [-0.4, -0.2) is 16.1 Å². The van der Waals surface area contributed by atoms with Crippen molar-refractivity contribution in [1.82, 2.24) is 4.98 Å². The van der Waals surface area contributed by atoms with Gasteiger partial charge in [-0.25, -0.2) is 9.98 Å². The highest BCUT2D eigenvalue weighted by molar-refractivity contribution is 8.13. The van der Waals surface area contributed by atoms with Gasteiger partial charge in [0.05, 0.1) is 11.2 Å². The molecule has 8 heteroatoms. The molecule has 0 aliphatic carbocycles. The van der Waals surface area contributed by atoms with Crippen LogP contribution in [-0.2, 0) is 0 Å². The molecule has 0 aliphatic rings. The zero-order valence-electron chi connectivity index (χ0n) is 7.18. The van der Waals surface area contributed by atoms with Crippen molar-refractivity contribution < 1.29 is 0 Å². The number of thiazole rings is 1. The SMILES string of the molecule is N=C(N)SC(N=C(N)N)c1cscn1. The lowest BCUT2D eigenvalue weighted by Gasteiger charge is -2.07. The Balaban J connectivity index is 2.83. The Hall–Kier alpha value is -1.28. The number of aromatic nitrogens is 1. The van der Waals surface area contributed by atoms with Crippen LogP contribution in [0.15, 0.2) is 15.9 Å². The van der Waals surface area contributed by atoms with Gasteiger partial charge in [0, 0.05) is 5.38 Å². The molecule has 0 saturated carbocycles. The van der Waals surface area contributed by atoms with Crippen molar-refractivity contribution in [2.45, 2.75) is 5.37 Å². The Kier molecular flexibility index (Phi) is 3.72. The standard InChI is InChI=1S/C6H10N6S2/c7-5(8)12-4(14-6(9)10)3-1-13-2-11-3/h1-2,4H,(H3,9,10)(H4,7,8,12). The summed E-state index contributed by atoms with van der Waals surface area (Å²) in [5.41, 5.74) is 18.1. The summed E-state index contributed by atoms with van der Waals surface area (Å²) in [7, 11) is 0. The molecular weight excluding hydrogens is 220 g/mol. The van der Waals surface area contributed by atoms with E-state index in [-0.39, 0.29) is 11.1 Å². The summed E-state index contributed by atoms with van der Waals surface area (Å²) in [6.45, 7) is 0. The quantitative estimate of drug-likeness (QED) is 0.430. The third-order valence-electron chi connectivity index (χ3n) is 1.21. The van der Waals surface area contributed by atoms with Crippen LogP contribution in [0.4, 0.5) is 0 Å². The number of hydrogen-bond acceptors (Lipinski definition) is 5. The largest absolute Gasteiger partial charge is 0.379 e. The van der Waals surface area contributed by atoms with Gasteiger partial charge in [0.2, 0.25) is 0 Å². The van der Waals surface area contributed by atoms with E-state index in [0.29, 0.717) is 5.69 Å². The summed E-state index contributed by atoms with van der Waals surface area (Å²) < 4.78 is 0. The lowest BCUT2D eigenvalue weighted by atomic mass is 10.5. The fourth-order valence-electron chi connectivity index (χ4n) is 0.752. The van der Waals surface area contributed by atoms with Crippen LogP contribution in [0.25, 0.3) is 0 Å². The van der Waals surface area contributed by atoms with E-state index in [1.807, 2.05) is 5.38 Å². The molecule has 76 valence electrons. The van der Waals surface area contributed by atoms with Crippen LogP contribution in [0, 0.1) is 5.41 Å². The van der Waals surface area contributed by atoms with Gasteiger partial charge in [-0.2, -0.15) is 0 Å². The molecule has 6 nitrogen and oxygen atoms in total. The number of thioether (sulfide) groups is 1. The summed E-state index contributed by atoms with van der Waals surface area (Å²) in [4.78, 5) is 7.97. The second-order valence-corrected chi connectivity index (χ2v) is 4.14. The Morgan fingerprint density at radius 3 is 2.71 bits per heavy atom. The van der Waals surface area contributed by atoms with Gasteiger partial charge in [0.25, 0.3) is 0 Å². The van der Waals surface area contributed by atoms with Gasteiger partial charge < -0.3 is 17.2 Å². The summed E-state index contributed by atoms with van der Waals surface area (Å²) in [6.07, 6.45) is 0. The molecule has 0 amide bonds. The average Bonchev–Trinajstić information content (AvgIpc) is 2.52. The molecule has 1 atom stereocenters. The fourth-order valence-corrected chi connectivity index (χ4v) is 2.08. The number of nitrogens with one attached hydrogen (secondary N) is 1. The molecule has 0 aliphatic heterocycles. The second-order valence-electron chi connectivity index (χ2n) is 2.30. The van der Waals surface area contributed by atoms with E-state index in [1.165, 1.54) is 11.3 Å². The first kappa shape index (κ1) is 10.8. The monoisotopic (exact) mass is 230 g/mol. The van der Waals surface area contributed by atoms with Crippen molar-refractivity contribution in [2.75, 3.05) is 0 Å². The highest BCUT2D eigenvalue weighted by atomic mass is 32.2. The molecule has 0 saturated heterocycles. The third kappa shape index (κ3) is 3.23. The predicted octanol–water partition coefficient (Wildman–Crippen LogP) is 0.0418. The van der Waals surface area contributed by atoms with Gasteiger partial charge in [-0.15, -0.1) is 11.3 Å². The summed E-state index contributed by atoms with van der Waals surface area (Å²) in [5, 5.41) is 8.47. The van der Waals surface area contributed by atoms with Gasteiger partial charge in [-0.05, 0) is 0 Å². The molecule has 1 aromatic heterocycles. The maximum absolute atomic E-state index is 7.14. The Morgan fingerprint density at radius 2 is 2.29 bits per heavy atom. The van der Waals surface area contributed by atoms with Crippen molar-refractivity contribution in [3.63, 3.8) is 0 Å². The lowest BCUT2D eigenvalue weighted by Crippen LogP contribution is -2.24. The minimum Gasteiger partial charge on any atom is -0.379 e. The van der Waals surface area contributed by atoms with Gasteiger partial charge in [0.1, 0.15) is 5.37 Å². The maximum atomic E-state index is 7.14. The van der Waals surface area contributed by atoms with Crippen LogP contribution in [0.5, 0.6) is 0 Å². The van der Waals surface area contributed by atoms with Crippen molar-refractivity contribution in [1.29, 1.82) is 5.41 Å². The highest BCUT2D eigenvalue weighted by Gasteiger charge is 2.14. The van der Waals surface area contributed by atoms with Crippen LogP contribution in [0.2, 0.25) is 0 Å². The average molecular weight is 230 g/mol. The Morgan fingerprint density at radius 1 is 1.57 bits per heavy atom. The zero-order valence-corrected chi connectivity index (χ0v) is 8.81. The molecule has 1 unspecified atom stereocenters. The normalized spacial score (nSPS) is 12.0. The molecule has 0 radical (unpaired) electrons. The van der Waals surface area contributed by atoms with Crippen molar-refractivity contribution in [3.8, 4) is 0 Å². The molecule has 0 fully saturated rings. The van der Waals surface area contributed by atoms with E-state index in [1.54, 1.807) is 5.51 Å². The van der Waals surface area contributed by atoms with E-state index in [2.05, 4.69) is 9.98 Å². The summed E-state index contributed by atoms with van der Waals surface area (Å²) >= 11 is 2.48. The van der Waals surface area contributed by atoms with Crippen LogP contribution < -0.4 is 17.2 Å². The number of amidine groups is 1. The van der Waals surface area contributed by atoms with Crippen LogP contribution in [0.3, 0.4) is 0 Å². The predicted molar refractivity (Wildman–Crippen MR) is 60.2 cm³/mol. The van der Waals surface area contributed by atoms with Gasteiger partial charge in [-0.1, -0.05) is 11.8 Å². The number of hydrogen-bond donors (Lipinski definition) is 4. The van der Waals surface area contributed by atoms with Crippen LogP contribution in [0.1, 0.15) is 11.1 Å². The fraction of sp³-hybridized carbons (Fsp3) is 0.167. The first-order chi connectivity index (χ1) is 6.59. The maximum Gasteiger partial charge on any atom is 0.187 e. The Bertz CT molecular complexity index is 328. The third-order valence-corrected chi connectivity index (χ3v) is 2.64. The van der Waals surface area contributed by atoms with Gasteiger partial charge in [-0.3, -0.25) is 5.41 Å². The van der Waals surface area contributed by atoms with Gasteiger partial charge in [0.15, 0.2) is 11.1 Å². The highest BCUT2D eigenvalue weighted by Crippen LogP contribution is 2.29. The summed E-state index contributed by atoms with van der Waals surface area (Å²) in [5.74, 6) is -0.0447. The van der Waals surface area contributed by atoms with E-state index in [4.69, 9.17) is 22.6 Å². The number of aliphatic imine (C=N–C) groups is 1. The zero-order chi connectivity index (χ0) is 10.6. The Labute approximate surface area is 89.1 Å². The molecule has 1 aromatic rings. The molecule has 1 rings (SSSR count). The second kappa shape index (κ2) is 4.82. The molecule has 1 heterocycles. The molecular formula is C6H10N6S2. The van der Waals surface area contributed by atoms with E-state index in [0.717, 1.165) is 11.8 Å². The van der Waals surface area contributed by atoms with E-state index in [9.17, 15) is 0 Å². The number of rotatable bonds is 3. The molecule has 7 N–H and O–H groups in total. The number of nitrogens with two attached hydrogens (primary N) is 3. The molecule has 14 heavy (non-hydrogen) atoms. The smallest absolute Gasteiger partial charge is 0.187 e. The summed E-state index contributed by atoms with van der Waals surface area (Å²) in [6, 6.07) is 0. The van der Waals surface area contributed by atoms with Crippen molar-refractivity contribution >= 4 is 34.2 Å². The van der Waals surface area contributed by atoms with Gasteiger partial charge >= 0.3 is 0 Å². The molecule has 0 bridgehead atoms. The lowest BCUT2D eigenvalue weighted by molar-refractivity contribution is 0.977. The van der Waals surface area contributed by atoms with E-state index >= 15 is 0 Å². The first-order valence-electron chi connectivity index (χ1n) is 3.57. The number of guanidine groups is 1. The minimum atomic E-state index is -0.427.